The summed E-state index contributed by atoms with van der Waals surface area (Å²) in [6.45, 7) is 0. The van der Waals surface area contributed by atoms with Gasteiger partial charge in [0, 0.05) is 17.1 Å². The zero-order valence-corrected chi connectivity index (χ0v) is 13.5. The lowest BCUT2D eigenvalue weighted by Gasteiger charge is -2.00. The number of hydrogen-bond donors (Lipinski definition) is 2. The normalized spacial score (nSPS) is 11.2. The maximum absolute atomic E-state index is 12.0. The number of para-hydroxylation sites is 1. The van der Waals surface area contributed by atoms with E-state index in [0.29, 0.717) is 10.0 Å². The Balaban J connectivity index is 1.63. The maximum Gasteiger partial charge on any atom is 0.244 e. The summed E-state index contributed by atoms with van der Waals surface area (Å²) in [5.41, 5.74) is 5.21. The van der Waals surface area contributed by atoms with E-state index in [1.165, 1.54) is 6.21 Å². The number of nitrogens with zero attached hydrogens (tertiary/aromatic N) is 1. The predicted octanol–water partition coefficient (Wildman–Crippen LogP) is 4.17. The molecule has 1 aromatic heterocycles. The second kappa shape index (κ2) is 6.86. The van der Waals surface area contributed by atoms with Crippen molar-refractivity contribution >= 4 is 46.2 Å². The lowest BCUT2D eigenvalue weighted by Crippen LogP contribution is -2.19. The van der Waals surface area contributed by atoms with Crippen LogP contribution in [0.4, 0.5) is 0 Å². The Hall–Kier alpha value is -2.30. The number of nitrogens with one attached hydrogen (secondary N) is 2. The van der Waals surface area contributed by atoms with Crippen LogP contribution in [0.15, 0.2) is 53.8 Å². The van der Waals surface area contributed by atoms with E-state index in [1.807, 2.05) is 30.5 Å². The summed E-state index contributed by atoms with van der Waals surface area (Å²) < 4.78 is 0. The van der Waals surface area contributed by atoms with Gasteiger partial charge in [0.2, 0.25) is 5.91 Å². The minimum absolute atomic E-state index is 0.189. The number of aromatic nitrogens is 1. The molecule has 4 nitrogen and oxygen atoms in total. The Bertz CT molecular complexity index is 886. The molecule has 23 heavy (non-hydrogen) atoms. The third kappa shape index (κ3) is 3.73. The van der Waals surface area contributed by atoms with Gasteiger partial charge in [0.1, 0.15) is 0 Å². The number of fused-ring (bicyclic) bond motifs is 1. The van der Waals surface area contributed by atoms with Gasteiger partial charge in [0.05, 0.1) is 22.7 Å². The molecular weight excluding hydrogens is 333 g/mol. The summed E-state index contributed by atoms with van der Waals surface area (Å²) in [5.74, 6) is -0.189. The van der Waals surface area contributed by atoms with E-state index in [4.69, 9.17) is 23.2 Å². The van der Waals surface area contributed by atoms with Gasteiger partial charge in [-0.05, 0) is 29.3 Å². The highest BCUT2D eigenvalue weighted by Crippen LogP contribution is 2.21. The van der Waals surface area contributed by atoms with Gasteiger partial charge in [-0.1, -0.05) is 47.5 Å². The zero-order chi connectivity index (χ0) is 16.2. The molecule has 0 atom stereocenters. The van der Waals surface area contributed by atoms with Crippen molar-refractivity contribution in [1.29, 1.82) is 0 Å². The van der Waals surface area contributed by atoms with Gasteiger partial charge in [-0.25, -0.2) is 5.43 Å². The summed E-state index contributed by atoms with van der Waals surface area (Å²) in [4.78, 5) is 15.1. The first-order valence-electron chi connectivity index (χ1n) is 6.95. The Morgan fingerprint density at radius 1 is 1.17 bits per heavy atom. The molecule has 0 aliphatic heterocycles. The average molecular weight is 346 g/mol. The molecule has 6 heteroatoms. The Morgan fingerprint density at radius 2 is 2.00 bits per heavy atom. The van der Waals surface area contributed by atoms with E-state index >= 15 is 0 Å². The second-order valence-corrected chi connectivity index (χ2v) is 5.82. The molecule has 0 aliphatic rings. The number of halogens is 2. The predicted molar refractivity (Wildman–Crippen MR) is 94.2 cm³/mol. The third-order valence-electron chi connectivity index (χ3n) is 3.37. The first kappa shape index (κ1) is 15.6. The first-order valence-corrected chi connectivity index (χ1v) is 7.71. The molecule has 0 unspecified atom stereocenters. The number of aromatic amines is 1. The second-order valence-electron chi connectivity index (χ2n) is 5.00. The smallest absolute Gasteiger partial charge is 0.244 e. The molecule has 0 radical (unpaired) electrons. The summed E-state index contributed by atoms with van der Waals surface area (Å²) >= 11 is 11.8. The van der Waals surface area contributed by atoms with E-state index < -0.39 is 0 Å². The van der Waals surface area contributed by atoms with Crippen LogP contribution in [0.5, 0.6) is 0 Å². The number of rotatable bonds is 4. The summed E-state index contributed by atoms with van der Waals surface area (Å²) in [5, 5.41) is 5.90. The van der Waals surface area contributed by atoms with E-state index in [1.54, 1.807) is 18.2 Å². The average Bonchev–Trinajstić information content (AvgIpc) is 2.94. The van der Waals surface area contributed by atoms with E-state index in [9.17, 15) is 4.79 Å². The first-order chi connectivity index (χ1) is 11.1. The fourth-order valence-electron chi connectivity index (χ4n) is 2.26. The SMILES string of the molecule is O=C(Cc1c[nH]c2ccccc12)N/N=C\c1ccc(Cl)c(Cl)c1. The lowest BCUT2D eigenvalue weighted by molar-refractivity contribution is -0.120. The molecule has 0 bridgehead atoms. The lowest BCUT2D eigenvalue weighted by atomic mass is 10.1. The minimum Gasteiger partial charge on any atom is -0.361 e. The van der Waals surface area contributed by atoms with Crippen LogP contribution in [-0.4, -0.2) is 17.1 Å². The molecule has 0 aliphatic carbocycles. The van der Waals surface area contributed by atoms with Gasteiger partial charge in [-0.2, -0.15) is 5.10 Å². The Kier molecular flexibility index (Phi) is 4.65. The topological polar surface area (TPSA) is 57.2 Å². The van der Waals surface area contributed by atoms with Crippen molar-refractivity contribution in [3.8, 4) is 0 Å². The van der Waals surface area contributed by atoms with Crippen LogP contribution in [-0.2, 0) is 11.2 Å². The van der Waals surface area contributed by atoms with Gasteiger partial charge >= 0.3 is 0 Å². The Morgan fingerprint density at radius 3 is 2.83 bits per heavy atom. The van der Waals surface area contributed by atoms with Crippen molar-refractivity contribution in [2.75, 3.05) is 0 Å². The number of carbonyl (C=O) groups excluding carboxylic acids is 1. The third-order valence-corrected chi connectivity index (χ3v) is 4.11. The van der Waals surface area contributed by atoms with Gasteiger partial charge < -0.3 is 4.98 Å². The monoisotopic (exact) mass is 345 g/mol. The molecule has 0 saturated heterocycles. The summed E-state index contributed by atoms with van der Waals surface area (Å²) in [6, 6.07) is 13.0. The van der Waals surface area contributed by atoms with Gasteiger partial charge in [-0.3, -0.25) is 4.79 Å². The van der Waals surface area contributed by atoms with Crippen molar-refractivity contribution in [3.63, 3.8) is 0 Å². The van der Waals surface area contributed by atoms with Crippen molar-refractivity contribution in [1.82, 2.24) is 10.4 Å². The van der Waals surface area contributed by atoms with Crippen LogP contribution in [0.3, 0.4) is 0 Å². The van der Waals surface area contributed by atoms with E-state index in [-0.39, 0.29) is 12.3 Å². The van der Waals surface area contributed by atoms with E-state index in [0.717, 1.165) is 22.0 Å². The van der Waals surface area contributed by atoms with Gasteiger partial charge in [0.15, 0.2) is 0 Å². The van der Waals surface area contributed by atoms with Crippen LogP contribution in [0.25, 0.3) is 10.9 Å². The standard InChI is InChI=1S/C17H13Cl2N3O/c18-14-6-5-11(7-15(14)19)9-21-22-17(23)8-12-10-20-16-4-2-1-3-13(12)16/h1-7,9-10,20H,8H2,(H,22,23)/b21-9-. The summed E-state index contributed by atoms with van der Waals surface area (Å²) in [6.07, 6.45) is 3.62. The molecule has 0 saturated carbocycles. The van der Waals surface area contributed by atoms with Gasteiger partial charge in [0.25, 0.3) is 0 Å². The van der Waals surface area contributed by atoms with Crippen LogP contribution in [0, 0.1) is 0 Å². The highest BCUT2D eigenvalue weighted by molar-refractivity contribution is 6.42. The van der Waals surface area contributed by atoms with Crippen LogP contribution < -0.4 is 5.43 Å². The van der Waals surface area contributed by atoms with Crippen LogP contribution in [0.2, 0.25) is 10.0 Å². The molecule has 1 heterocycles. The van der Waals surface area contributed by atoms with Crippen molar-refractivity contribution in [2.24, 2.45) is 5.10 Å². The number of carbonyl (C=O) groups is 1. The van der Waals surface area contributed by atoms with Crippen molar-refractivity contribution < 1.29 is 4.79 Å². The molecule has 116 valence electrons. The number of amides is 1. The number of H-pyrrole nitrogens is 1. The quantitative estimate of drug-likeness (QED) is 0.541. The highest BCUT2D eigenvalue weighted by atomic mass is 35.5. The van der Waals surface area contributed by atoms with Crippen LogP contribution >= 0.6 is 23.2 Å². The largest absolute Gasteiger partial charge is 0.361 e. The molecule has 3 aromatic rings. The molecule has 0 spiro atoms. The minimum atomic E-state index is -0.189. The van der Waals surface area contributed by atoms with Crippen LogP contribution in [0.1, 0.15) is 11.1 Å². The fraction of sp³-hybridized carbons (Fsp3) is 0.0588. The number of benzene rings is 2. The highest BCUT2D eigenvalue weighted by Gasteiger charge is 2.07. The van der Waals surface area contributed by atoms with E-state index in [2.05, 4.69) is 15.5 Å². The molecule has 0 fully saturated rings. The van der Waals surface area contributed by atoms with Crippen molar-refractivity contribution in [3.05, 3.63) is 69.8 Å². The molecular formula is C17H13Cl2N3O. The molecule has 3 rings (SSSR count). The molecule has 2 aromatic carbocycles. The zero-order valence-electron chi connectivity index (χ0n) is 12.0. The number of hydrazone groups is 1. The fourth-order valence-corrected chi connectivity index (χ4v) is 2.57. The molecule has 2 N–H and O–H groups in total. The maximum atomic E-state index is 12.0. The number of hydrogen-bond acceptors (Lipinski definition) is 2. The Labute approximate surface area is 143 Å². The van der Waals surface area contributed by atoms with Gasteiger partial charge in [-0.15, -0.1) is 0 Å². The molecule has 1 amide bonds. The van der Waals surface area contributed by atoms with Crippen molar-refractivity contribution in [2.45, 2.75) is 6.42 Å². The summed E-state index contributed by atoms with van der Waals surface area (Å²) in [7, 11) is 0.